The molecule has 1 heterocycles. The lowest BCUT2D eigenvalue weighted by Gasteiger charge is -2.14. The van der Waals surface area contributed by atoms with Crippen LogP contribution in [0.4, 0.5) is 0 Å². The van der Waals surface area contributed by atoms with Gasteiger partial charge in [-0.2, -0.15) is 0 Å². The van der Waals surface area contributed by atoms with Gasteiger partial charge in [0.05, 0.1) is 6.04 Å². The number of nitrogens with two attached hydrogens (primary N) is 1. The Hall–Kier alpha value is -1.91. The Kier molecular flexibility index (Phi) is 5.31. The molecule has 1 aromatic heterocycles. The van der Waals surface area contributed by atoms with Gasteiger partial charge in [-0.15, -0.1) is 0 Å². The summed E-state index contributed by atoms with van der Waals surface area (Å²) >= 11 is 0. The number of rotatable bonds is 6. The van der Waals surface area contributed by atoms with Crippen molar-refractivity contribution in [2.24, 2.45) is 5.73 Å². The van der Waals surface area contributed by atoms with Gasteiger partial charge in [-0.1, -0.05) is 35.9 Å². The molecule has 0 aliphatic carbocycles. The smallest absolute Gasteiger partial charge is 0.255 e. The summed E-state index contributed by atoms with van der Waals surface area (Å²) in [6, 6.07) is 11.2. The topological polar surface area (TPSA) is 57.2 Å². The summed E-state index contributed by atoms with van der Waals surface area (Å²) in [5.74, 6) is 0. The molecule has 112 valence electrons. The molecule has 2 rings (SSSR count). The number of aryl methyl sites for hydroxylation is 2. The highest BCUT2D eigenvalue weighted by Crippen LogP contribution is 2.17. The molecule has 0 fully saturated rings. The van der Waals surface area contributed by atoms with Gasteiger partial charge in [0, 0.05) is 32.0 Å². The first-order chi connectivity index (χ1) is 10.1. The molecule has 0 aliphatic heterocycles. The molecule has 1 atom stereocenters. The second kappa shape index (κ2) is 7.20. The van der Waals surface area contributed by atoms with E-state index in [9.17, 15) is 4.79 Å². The van der Waals surface area contributed by atoms with Crippen LogP contribution in [0.15, 0.2) is 47.4 Å². The van der Waals surface area contributed by atoms with E-state index < -0.39 is 6.04 Å². The largest absolute Gasteiger partial charge is 0.385 e. The Morgan fingerprint density at radius 2 is 1.95 bits per heavy atom. The van der Waals surface area contributed by atoms with Crippen LogP contribution in [-0.4, -0.2) is 18.3 Å². The highest BCUT2D eigenvalue weighted by Gasteiger charge is 2.13. The molecule has 0 aliphatic rings. The van der Waals surface area contributed by atoms with Gasteiger partial charge in [0.1, 0.15) is 0 Å². The predicted molar refractivity (Wildman–Crippen MR) is 84.4 cm³/mol. The van der Waals surface area contributed by atoms with Gasteiger partial charge >= 0.3 is 0 Å². The molecule has 4 nitrogen and oxygen atoms in total. The van der Waals surface area contributed by atoms with Gasteiger partial charge in [0.25, 0.3) is 5.56 Å². The fourth-order valence-electron chi connectivity index (χ4n) is 2.30. The molecule has 0 saturated carbocycles. The third kappa shape index (κ3) is 3.80. The van der Waals surface area contributed by atoms with E-state index in [-0.39, 0.29) is 5.56 Å². The minimum absolute atomic E-state index is 0.0262. The van der Waals surface area contributed by atoms with Crippen LogP contribution in [0.5, 0.6) is 0 Å². The number of nitrogens with zero attached hydrogens (tertiary/aromatic N) is 1. The standard InChI is InChI=1S/C17H22N2O2/c1-13-6-8-14(9-7-13)16(18)15-5-3-10-19(17(15)20)11-4-12-21-2/h3,5-10,16H,4,11-12,18H2,1-2H3. The van der Waals surface area contributed by atoms with E-state index in [2.05, 4.69) is 0 Å². The Balaban J connectivity index is 2.25. The number of hydrogen-bond donors (Lipinski definition) is 1. The van der Waals surface area contributed by atoms with Gasteiger partial charge in [-0.05, 0) is 25.0 Å². The van der Waals surface area contributed by atoms with Crippen molar-refractivity contribution in [3.63, 3.8) is 0 Å². The second-order valence-corrected chi connectivity index (χ2v) is 5.20. The first-order valence-corrected chi connectivity index (χ1v) is 7.14. The van der Waals surface area contributed by atoms with Crippen molar-refractivity contribution < 1.29 is 4.74 Å². The Morgan fingerprint density at radius 1 is 1.24 bits per heavy atom. The van der Waals surface area contributed by atoms with Gasteiger partial charge < -0.3 is 15.0 Å². The number of benzene rings is 1. The van der Waals surface area contributed by atoms with Gasteiger partial charge in [-0.3, -0.25) is 4.79 Å². The third-order valence-electron chi connectivity index (χ3n) is 3.57. The zero-order chi connectivity index (χ0) is 15.2. The predicted octanol–water partition coefficient (Wildman–Crippen LogP) is 2.24. The second-order valence-electron chi connectivity index (χ2n) is 5.20. The average Bonchev–Trinajstić information content (AvgIpc) is 2.49. The molecule has 4 heteroatoms. The summed E-state index contributed by atoms with van der Waals surface area (Å²) in [5, 5.41) is 0. The molecule has 2 aromatic rings. The van der Waals surface area contributed by atoms with Crippen molar-refractivity contribution in [2.75, 3.05) is 13.7 Å². The van der Waals surface area contributed by atoms with Gasteiger partial charge in [0.2, 0.25) is 0 Å². The number of ether oxygens (including phenoxy) is 1. The molecular weight excluding hydrogens is 264 g/mol. The highest BCUT2D eigenvalue weighted by atomic mass is 16.5. The molecule has 0 saturated heterocycles. The van der Waals surface area contributed by atoms with Crippen LogP contribution in [0.2, 0.25) is 0 Å². The number of methoxy groups -OCH3 is 1. The molecule has 0 spiro atoms. The Bertz CT molecular complexity index is 632. The molecule has 0 amide bonds. The zero-order valence-corrected chi connectivity index (χ0v) is 12.6. The van der Waals surface area contributed by atoms with Crippen LogP contribution in [0.1, 0.15) is 29.2 Å². The van der Waals surface area contributed by atoms with E-state index in [0.29, 0.717) is 18.7 Å². The Morgan fingerprint density at radius 3 is 2.62 bits per heavy atom. The summed E-state index contributed by atoms with van der Waals surface area (Å²) in [6.45, 7) is 3.31. The minimum atomic E-state index is -0.395. The van der Waals surface area contributed by atoms with E-state index in [0.717, 1.165) is 12.0 Å². The lowest BCUT2D eigenvalue weighted by atomic mass is 10.00. The Labute approximate surface area is 125 Å². The summed E-state index contributed by atoms with van der Waals surface area (Å²) in [6.07, 6.45) is 2.60. The molecule has 0 bridgehead atoms. The number of aromatic nitrogens is 1. The van der Waals surface area contributed by atoms with Gasteiger partial charge in [0.15, 0.2) is 0 Å². The average molecular weight is 286 g/mol. The van der Waals surface area contributed by atoms with Crippen LogP contribution >= 0.6 is 0 Å². The van der Waals surface area contributed by atoms with Crippen molar-refractivity contribution >= 4 is 0 Å². The van der Waals surface area contributed by atoms with E-state index in [1.807, 2.05) is 37.3 Å². The first kappa shape index (κ1) is 15.5. The van der Waals surface area contributed by atoms with E-state index >= 15 is 0 Å². The van der Waals surface area contributed by atoms with Crippen molar-refractivity contribution in [3.05, 3.63) is 69.6 Å². The lowest BCUT2D eigenvalue weighted by molar-refractivity contribution is 0.190. The molecule has 21 heavy (non-hydrogen) atoms. The molecule has 1 unspecified atom stereocenters. The number of hydrogen-bond acceptors (Lipinski definition) is 3. The molecule has 2 N–H and O–H groups in total. The summed E-state index contributed by atoms with van der Waals surface area (Å²) in [5.41, 5.74) is 8.98. The van der Waals surface area contributed by atoms with Crippen LogP contribution in [-0.2, 0) is 11.3 Å². The van der Waals surface area contributed by atoms with Crippen molar-refractivity contribution in [1.82, 2.24) is 4.57 Å². The van der Waals surface area contributed by atoms with Crippen LogP contribution in [0, 0.1) is 6.92 Å². The number of pyridine rings is 1. The molecular formula is C17H22N2O2. The molecule has 1 aromatic carbocycles. The maximum Gasteiger partial charge on any atom is 0.255 e. The van der Waals surface area contributed by atoms with E-state index in [4.69, 9.17) is 10.5 Å². The zero-order valence-electron chi connectivity index (χ0n) is 12.6. The SMILES string of the molecule is COCCCn1cccc(C(N)c2ccc(C)cc2)c1=O. The van der Waals surface area contributed by atoms with Crippen LogP contribution in [0.3, 0.4) is 0 Å². The quantitative estimate of drug-likeness (QED) is 0.829. The normalized spacial score (nSPS) is 12.3. The first-order valence-electron chi connectivity index (χ1n) is 7.14. The summed E-state index contributed by atoms with van der Waals surface area (Å²) < 4.78 is 6.72. The lowest BCUT2D eigenvalue weighted by Crippen LogP contribution is -2.28. The maximum atomic E-state index is 12.5. The minimum Gasteiger partial charge on any atom is -0.385 e. The van der Waals surface area contributed by atoms with Crippen molar-refractivity contribution in [1.29, 1.82) is 0 Å². The van der Waals surface area contributed by atoms with Crippen molar-refractivity contribution in [2.45, 2.75) is 25.9 Å². The highest BCUT2D eigenvalue weighted by molar-refractivity contribution is 5.31. The monoisotopic (exact) mass is 286 g/mol. The van der Waals surface area contributed by atoms with Crippen LogP contribution < -0.4 is 11.3 Å². The third-order valence-corrected chi connectivity index (χ3v) is 3.57. The maximum absolute atomic E-state index is 12.5. The van der Waals surface area contributed by atoms with Crippen LogP contribution in [0.25, 0.3) is 0 Å². The van der Waals surface area contributed by atoms with E-state index in [1.165, 1.54) is 5.56 Å². The summed E-state index contributed by atoms with van der Waals surface area (Å²) in [7, 11) is 1.66. The summed E-state index contributed by atoms with van der Waals surface area (Å²) in [4.78, 5) is 12.5. The van der Waals surface area contributed by atoms with E-state index in [1.54, 1.807) is 23.9 Å². The fourth-order valence-corrected chi connectivity index (χ4v) is 2.30. The van der Waals surface area contributed by atoms with Crippen molar-refractivity contribution in [3.8, 4) is 0 Å². The molecule has 0 radical (unpaired) electrons. The van der Waals surface area contributed by atoms with Gasteiger partial charge in [-0.25, -0.2) is 0 Å². The fraction of sp³-hybridized carbons (Fsp3) is 0.353.